The molecule has 0 N–H and O–H groups in total. The second-order valence-corrected chi connectivity index (χ2v) is 6.01. The third-order valence-electron chi connectivity index (χ3n) is 3.41. The van der Waals surface area contributed by atoms with Crippen molar-refractivity contribution in [1.29, 1.82) is 0 Å². The van der Waals surface area contributed by atoms with E-state index in [0.29, 0.717) is 13.0 Å². The molecule has 19 heavy (non-hydrogen) atoms. The molecule has 1 fully saturated rings. The third kappa shape index (κ3) is 2.68. The molecule has 0 aliphatic carbocycles. The van der Waals surface area contributed by atoms with E-state index in [-0.39, 0.29) is 12.0 Å². The molecule has 1 aromatic carbocycles. The minimum atomic E-state index is -0.576. The highest BCUT2D eigenvalue weighted by molar-refractivity contribution is 9.10. The lowest BCUT2D eigenvalue weighted by Crippen LogP contribution is -2.32. The highest BCUT2D eigenvalue weighted by Crippen LogP contribution is 2.36. The number of terminal acetylenes is 1. The van der Waals surface area contributed by atoms with Crippen molar-refractivity contribution in [3.8, 4) is 12.3 Å². The van der Waals surface area contributed by atoms with Crippen LogP contribution in [-0.4, -0.2) is 17.1 Å². The van der Waals surface area contributed by atoms with Crippen LogP contribution in [0.1, 0.15) is 25.8 Å². The average molecular weight is 322 g/mol. The Morgan fingerprint density at radius 3 is 2.79 bits per heavy atom. The molecule has 1 aliphatic rings. The minimum Gasteiger partial charge on any atom is -0.272 e. The molecule has 1 unspecified atom stereocenters. The number of halogens is 1. The molecule has 1 aromatic rings. The van der Waals surface area contributed by atoms with Crippen LogP contribution in [0.4, 0.5) is 0 Å². The lowest BCUT2D eigenvalue weighted by atomic mass is 9.85. The van der Waals surface area contributed by atoms with E-state index < -0.39 is 5.41 Å². The van der Waals surface area contributed by atoms with E-state index >= 15 is 0 Å². The number of amides is 1. The Morgan fingerprint density at radius 1 is 1.47 bits per heavy atom. The molecular formula is C15H16BrNO2. The number of carbonyl (C=O) groups excluding carboxylic acids is 1. The van der Waals surface area contributed by atoms with Gasteiger partial charge in [-0.1, -0.05) is 34.1 Å². The molecule has 0 bridgehead atoms. The van der Waals surface area contributed by atoms with E-state index in [9.17, 15) is 4.79 Å². The first-order valence-corrected chi connectivity index (χ1v) is 6.91. The summed E-state index contributed by atoms with van der Waals surface area (Å²) in [5, 5.41) is 1.42. The van der Waals surface area contributed by atoms with Gasteiger partial charge in [0.05, 0.1) is 12.0 Å². The quantitative estimate of drug-likeness (QED) is 0.800. The molecule has 3 nitrogen and oxygen atoms in total. The van der Waals surface area contributed by atoms with Gasteiger partial charge in [0, 0.05) is 10.9 Å². The van der Waals surface area contributed by atoms with Gasteiger partial charge >= 0.3 is 0 Å². The first kappa shape index (κ1) is 14.1. The highest BCUT2D eigenvalue weighted by atomic mass is 79.9. The van der Waals surface area contributed by atoms with Crippen molar-refractivity contribution in [2.24, 2.45) is 5.41 Å². The van der Waals surface area contributed by atoms with Crippen LogP contribution in [0.3, 0.4) is 0 Å². The number of benzene rings is 1. The van der Waals surface area contributed by atoms with Gasteiger partial charge in [0.15, 0.2) is 0 Å². The molecule has 0 aromatic heterocycles. The summed E-state index contributed by atoms with van der Waals surface area (Å²) in [7, 11) is 0. The number of hydrogen-bond acceptors (Lipinski definition) is 2. The number of hydroxylamine groups is 2. The van der Waals surface area contributed by atoms with E-state index in [1.807, 2.05) is 38.1 Å². The number of rotatable bonds is 3. The van der Waals surface area contributed by atoms with Crippen LogP contribution in [0.2, 0.25) is 0 Å². The van der Waals surface area contributed by atoms with E-state index in [1.165, 1.54) is 5.06 Å². The predicted octanol–water partition coefficient (Wildman–Crippen LogP) is 3.14. The van der Waals surface area contributed by atoms with Crippen molar-refractivity contribution < 1.29 is 9.63 Å². The van der Waals surface area contributed by atoms with Crippen molar-refractivity contribution in [1.82, 2.24) is 5.06 Å². The molecule has 0 saturated carbocycles. The predicted molar refractivity (Wildman–Crippen MR) is 76.8 cm³/mol. The molecule has 1 amide bonds. The fraction of sp³-hybridized carbons (Fsp3) is 0.400. The molecule has 1 aliphatic heterocycles. The van der Waals surface area contributed by atoms with Crippen LogP contribution in [0.15, 0.2) is 28.7 Å². The molecule has 2 rings (SSSR count). The van der Waals surface area contributed by atoms with Crippen molar-refractivity contribution >= 4 is 21.8 Å². The van der Waals surface area contributed by atoms with E-state index in [0.717, 1.165) is 10.0 Å². The number of hydrogen-bond donors (Lipinski definition) is 0. The summed E-state index contributed by atoms with van der Waals surface area (Å²) in [6.07, 6.45) is 5.51. The fourth-order valence-electron chi connectivity index (χ4n) is 2.08. The molecular weight excluding hydrogens is 306 g/mol. The maximum absolute atomic E-state index is 12.3. The monoisotopic (exact) mass is 321 g/mol. The average Bonchev–Trinajstić information content (AvgIpc) is 2.57. The number of nitrogens with zero attached hydrogens (tertiary/aromatic N) is 1. The molecule has 0 spiro atoms. The van der Waals surface area contributed by atoms with Gasteiger partial charge in [0.1, 0.15) is 6.10 Å². The lowest BCUT2D eigenvalue weighted by Gasteiger charge is -2.18. The second kappa shape index (κ2) is 5.36. The summed E-state index contributed by atoms with van der Waals surface area (Å²) in [5.74, 6) is 2.54. The Morgan fingerprint density at radius 2 is 2.16 bits per heavy atom. The van der Waals surface area contributed by atoms with E-state index in [2.05, 4.69) is 21.9 Å². The van der Waals surface area contributed by atoms with Crippen LogP contribution in [0.25, 0.3) is 0 Å². The van der Waals surface area contributed by atoms with Gasteiger partial charge in [-0.25, -0.2) is 5.06 Å². The largest absolute Gasteiger partial charge is 0.272 e. The van der Waals surface area contributed by atoms with Crippen LogP contribution in [0, 0.1) is 17.8 Å². The first-order chi connectivity index (χ1) is 8.96. The van der Waals surface area contributed by atoms with Gasteiger partial charge < -0.3 is 0 Å². The normalized spacial score (nSPS) is 21.5. The van der Waals surface area contributed by atoms with Gasteiger partial charge in [-0.3, -0.25) is 9.63 Å². The SMILES string of the molecule is C#CCC1ON(Cc2ccccc2Br)C(=O)C1(C)C. The Labute approximate surface area is 122 Å². The second-order valence-electron chi connectivity index (χ2n) is 5.16. The minimum absolute atomic E-state index is 0.0245. The zero-order chi connectivity index (χ0) is 14.0. The topological polar surface area (TPSA) is 29.5 Å². The van der Waals surface area contributed by atoms with Crippen molar-refractivity contribution in [2.75, 3.05) is 0 Å². The van der Waals surface area contributed by atoms with Crippen molar-refractivity contribution in [3.05, 3.63) is 34.3 Å². The molecule has 1 saturated heterocycles. The maximum Gasteiger partial charge on any atom is 0.254 e. The Balaban J connectivity index is 2.17. The van der Waals surface area contributed by atoms with Gasteiger partial charge in [-0.15, -0.1) is 12.3 Å². The summed E-state index contributed by atoms with van der Waals surface area (Å²) in [4.78, 5) is 18.1. The van der Waals surface area contributed by atoms with Crippen LogP contribution in [0.5, 0.6) is 0 Å². The molecule has 1 heterocycles. The van der Waals surface area contributed by atoms with Crippen molar-refractivity contribution in [2.45, 2.75) is 32.9 Å². The standard InChI is InChI=1S/C15H16BrNO2/c1-4-7-13-15(2,3)14(18)17(19-13)10-11-8-5-6-9-12(11)16/h1,5-6,8-9,13H,7,10H2,2-3H3. The van der Waals surface area contributed by atoms with Crippen LogP contribution < -0.4 is 0 Å². The Bertz CT molecular complexity index is 533. The maximum atomic E-state index is 12.3. The fourth-order valence-corrected chi connectivity index (χ4v) is 2.49. The summed E-state index contributed by atoms with van der Waals surface area (Å²) < 4.78 is 0.963. The van der Waals surface area contributed by atoms with Gasteiger partial charge in [0.25, 0.3) is 5.91 Å². The Hall–Kier alpha value is -1.31. The molecule has 4 heteroatoms. The first-order valence-electron chi connectivity index (χ1n) is 6.12. The third-order valence-corrected chi connectivity index (χ3v) is 4.19. The lowest BCUT2D eigenvalue weighted by molar-refractivity contribution is -0.176. The summed E-state index contributed by atoms with van der Waals surface area (Å²) in [6, 6.07) is 7.78. The summed E-state index contributed by atoms with van der Waals surface area (Å²) in [6.45, 7) is 4.17. The van der Waals surface area contributed by atoms with Crippen molar-refractivity contribution in [3.63, 3.8) is 0 Å². The molecule has 1 atom stereocenters. The zero-order valence-corrected chi connectivity index (χ0v) is 12.6. The molecule has 0 radical (unpaired) electrons. The zero-order valence-electron chi connectivity index (χ0n) is 11.0. The van der Waals surface area contributed by atoms with Gasteiger partial charge in [0.2, 0.25) is 0 Å². The van der Waals surface area contributed by atoms with Crippen LogP contribution >= 0.6 is 15.9 Å². The van der Waals surface area contributed by atoms with Crippen LogP contribution in [-0.2, 0) is 16.2 Å². The van der Waals surface area contributed by atoms with E-state index in [4.69, 9.17) is 11.3 Å². The summed E-state index contributed by atoms with van der Waals surface area (Å²) in [5.41, 5.74) is 0.432. The van der Waals surface area contributed by atoms with Gasteiger partial charge in [-0.2, -0.15) is 0 Å². The molecule has 100 valence electrons. The summed E-state index contributed by atoms with van der Waals surface area (Å²) >= 11 is 3.47. The number of carbonyl (C=O) groups is 1. The van der Waals surface area contributed by atoms with Gasteiger partial charge in [-0.05, 0) is 25.5 Å². The Kier molecular flexibility index (Phi) is 3.98. The highest BCUT2D eigenvalue weighted by Gasteiger charge is 2.48. The van der Waals surface area contributed by atoms with E-state index in [1.54, 1.807) is 0 Å². The smallest absolute Gasteiger partial charge is 0.254 e.